The molecule has 2 aromatic rings. The molecule has 1 aromatic carbocycles. The highest BCUT2D eigenvalue weighted by molar-refractivity contribution is 7.10. The van der Waals surface area contributed by atoms with Crippen LogP contribution in [0.2, 0.25) is 0 Å². The average molecular weight is 281 g/mol. The largest absolute Gasteiger partial charge is 0.305 e. The second-order valence-corrected chi connectivity index (χ2v) is 5.49. The molecule has 0 saturated carbocycles. The molecule has 4 heteroatoms. The maximum Gasteiger partial charge on any atom is 0.130 e. The van der Waals surface area contributed by atoms with Crippen LogP contribution in [0.5, 0.6) is 0 Å². The minimum Gasteiger partial charge on any atom is -0.305 e. The third kappa shape index (κ3) is 3.39. The van der Waals surface area contributed by atoms with Crippen molar-refractivity contribution in [2.75, 3.05) is 0 Å². The topological polar surface area (TPSA) is 12.0 Å². The van der Waals surface area contributed by atoms with E-state index in [0.29, 0.717) is 12.1 Å². The Bertz CT molecular complexity index is 551. The molecule has 1 unspecified atom stereocenters. The highest BCUT2D eigenvalue weighted by Crippen LogP contribution is 2.21. The van der Waals surface area contributed by atoms with Crippen molar-refractivity contribution in [1.29, 1.82) is 0 Å². The Balaban J connectivity index is 2.03. The van der Waals surface area contributed by atoms with E-state index in [1.54, 1.807) is 11.3 Å². The SMILES string of the molecule is CCc1ccsc1CNC(C)c1ccc(F)cc1F. The van der Waals surface area contributed by atoms with Crippen LogP contribution in [0.15, 0.2) is 29.6 Å². The second kappa shape index (κ2) is 6.26. The van der Waals surface area contributed by atoms with Crippen molar-refractivity contribution in [2.45, 2.75) is 32.9 Å². The van der Waals surface area contributed by atoms with Gasteiger partial charge in [-0.25, -0.2) is 8.78 Å². The lowest BCUT2D eigenvalue weighted by Crippen LogP contribution is -2.19. The number of halogens is 2. The number of rotatable bonds is 5. The van der Waals surface area contributed by atoms with Gasteiger partial charge in [-0.3, -0.25) is 0 Å². The van der Waals surface area contributed by atoms with Crippen LogP contribution in [-0.2, 0) is 13.0 Å². The summed E-state index contributed by atoms with van der Waals surface area (Å²) in [5.74, 6) is -1.04. The van der Waals surface area contributed by atoms with Gasteiger partial charge in [0.15, 0.2) is 0 Å². The summed E-state index contributed by atoms with van der Waals surface area (Å²) in [5, 5.41) is 5.35. The van der Waals surface area contributed by atoms with E-state index in [1.165, 1.54) is 22.6 Å². The van der Waals surface area contributed by atoms with Crippen LogP contribution in [0.25, 0.3) is 0 Å². The zero-order chi connectivity index (χ0) is 13.8. The van der Waals surface area contributed by atoms with Crippen LogP contribution in [0.3, 0.4) is 0 Å². The second-order valence-electron chi connectivity index (χ2n) is 4.49. The van der Waals surface area contributed by atoms with Crippen LogP contribution in [-0.4, -0.2) is 0 Å². The molecule has 0 aliphatic rings. The van der Waals surface area contributed by atoms with Crippen molar-refractivity contribution in [3.05, 3.63) is 57.3 Å². The molecule has 0 aliphatic heterocycles. The van der Waals surface area contributed by atoms with Gasteiger partial charge in [0.25, 0.3) is 0 Å². The first kappa shape index (κ1) is 14.2. The smallest absolute Gasteiger partial charge is 0.130 e. The van der Waals surface area contributed by atoms with Crippen LogP contribution in [0.4, 0.5) is 8.78 Å². The van der Waals surface area contributed by atoms with E-state index >= 15 is 0 Å². The summed E-state index contributed by atoms with van der Waals surface area (Å²) in [6.07, 6.45) is 1.000. The molecular formula is C15H17F2NS. The van der Waals surface area contributed by atoms with E-state index in [-0.39, 0.29) is 6.04 Å². The molecule has 0 bridgehead atoms. The molecule has 1 atom stereocenters. The molecule has 0 saturated heterocycles. The molecule has 1 aromatic heterocycles. The number of aryl methyl sites for hydroxylation is 1. The first-order valence-electron chi connectivity index (χ1n) is 6.35. The summed E-state index contributed by atoms with van der Waals surface area (Å²) in [6.45, 7) is 4.71. The van der Waals surface area contributed by atoms with Crippen molar-refractivity contribution in [3.8, 4) is 0 Å². The molecule has 19 heavy (non-hydrogen) atoms. The molecule has 0 amide bonds. The van der Waals surface area contributed by atoms with E-state index in [4.69, 9.17) is 0 Å². The van der Waals surface area contributed by atoms with Crippen molar-refractivity contribution < 1.29 is 8.78 Å². The van der Waals surface area contributed by atoms with E-state index in [9.17, 15) is 8.78 Å². The van der Waals surface area contributed by atoms with Crippen LogP contribution in [0, 0.1) is 11.6 Å². The highest BCUT2D eigenvalue weighted by Gasteiger charge is 2.12. The van der Waals surface area contributed by atoms with Gasteiger partial charge < -0.3 is 5.32 Å². The number of hydrogen-bond donors (Lipinski definition) is 1. The molecule has 0 spiro atoms. The van der Waals surface area contributed by atoms with Gasteiger partial charge in [0.1, 0.15) is 11.6 Å². The first-order chi connectivity index (χ1) is 9.11. The predicted molar refractivity (Wildman–Crippen MR) is 75.3 cm³/mol. The Morgan fingerprint density at radius 2 is 2.05 bits per heavy atom. The monoisotopic (exact) mass is 281 g/mol. The van der Waals surface area contributed by atoms with Crippen molar-refractivity contribution >= 4 is 11.3 Å². The van der Waals surface area contributed by atoms with Crippen LogP contribution < -0.4 is 5.32 Å². The summed E-state index contributed by atoms with van der Waals surface area (Å²) in [5.41, 5.74) is 1.82. The molecular weight excluding hydrogens is 264 g/mol. The van der Waals surface area contributed by atoms with Gasteiger partial charge in [-0.1, -0.05) is 13.0 Å². The Hall–Kier alpha value is -1.26. The zero-order valence-electron chi connectivity index (χ0n) is 11.0. The number of hydrogen-bond acceptors (Lipinski definition) is 2. The third-order valence-electron chi connectivity index (χ3n) is 3.22. The number of thiophene rings is 1. The lowest BCUT2D eigenvalue weighted by molar-refractivity contribution is 0.519. The summed E-state index contributed by atoms with van der Waals surface area (Å²) < 4.78 is 26.5. The Labute approximate surface area is 116 Å². The maximum atomic E-state index is 13.6. The van der Waals surface area contributed by atoms with Crippen molar-refractivity contribution in [3.63, 3.8) is 0 Å². The van der Waals surface area contributed by atoms with Gasteiger partial charge in [-0.05, 0) is 36.4 Å². The van der Waals surface area contributed by atoms with Crippen molar-refractivity contribution in [1.82, 2.24) is 5.32 Å². The fourth-order valence-corrected chi connectivity index (χ4v) is 2.97. The molecule has 1 nitrogen and oxygen atoms in total. The lowest BCUT2D eigenvalue weighted by atomic mass is 10.1. The van der Waals surface area contributed by atoms with Gasteiger partial charge in [-0.2, -0.15) is 0 Å². The quantitative estimate of drug-likeness (QED) is 0.854. The van der Waals surface area contributed by atoms with Gasteiger partial charge in [0, 0.05) is 29.1 Å². The van der Waals surface area contributed by atoms with Gasteiger partial charge in [-0.15, -0.1) is 11.3 Å². The molecule has 2 rings (SSSR count). The molecule has 0 radical (unpaired) electrons. The van der Waals surface area contributed by atoms with E-state index in [1.807, 2.05) is 6.92 Å². The summed E-state index contributed by atoms with van der Waals surface area (Å²) in [6, 6.07) is 5.69. The van der Waals surface area contributed by atoms with Gasteiger partial charge in [0.05, 0.1) is 0 Å². The summed E-state index contributed by atoms with van der Waals surface area (Å²) in [4.78, 5) is 1.27. The maximum absolute atomic E-state index is 13.6. The first-order valence-corrected chi connectivity index (χ1v) is 7.23. The molecule has 0 fully saturated rings. The molecule has 102 valence electrons. The van der Waals surface area contributed by atoms with E-state index in [0.717, 1.165) is 12.5 Å². The average Bonchev–Trinajstić information content (AvgIpc) is 2.83. The normalized spacial score (nSPS) is 12.6. The Morgan fingerprint density at radius 3 is 2.74 bits per heavy atom. The molecule has 1 heterocycles. The lowest BCUT2D eigenvalue weighted by Gasteiger charge is -2.15. The summed E-state index contributed by atoms with van der Waals surface area (Å²) >= 11 is 1.70. The van der Waals surface area contributed by atoms with Gasteiger partial charge in [0.2, 0.25) is 0 Å². The Kier molecular flexibility index (Phi) is 4.66. The van der Waals surface area contributed by atoms with Gasteiger partial charge >= 0.3 is 0 Å². The molecule has 1 N–H and O–H groups in total. The fourth-order valence-electron chi connectivity index (χ4n) is 2.05. The highest BCUT2D eigenvalue weighted by atomic mass is 32.1. The van der Waals surface area contributed by atoms with Crippen LogP contribution in [0.1, 0.15) is 35.9 Å². The zero-order valence-corrected chi connectivity index (χ0v) is 11.9. The number of nitrogens with one attached hydrogen (secondary N) is 1. The van der Waals surface area contributed by atoms with E-state index < -0.39 is 11.6 Å². The molecule has 0 aliphatic carbocycles. The minimum absolute atomic E-state index is 0.146. The number of benzene rings is 1. The fraction of sp³-hybridized carbons (Fsp3) is 0.333. The van der Waals surface area contributed by atoms with Crippen LogP contribution >= 0.6 is 11.3 Å². The Morgan fingerprint density at radius 1 is 1.26 bits per heavy atom. The predicted octanol–water partition coefficient (Wildman–Crippen LogP) is 4.44. The third-order valence-corrected chi connectivity index (χ3v) is 4.18. The standard InChI is InChI=1S/C15H17F2NS/c1-3-11-6-7-19-15(11)9-18-10(2)13-5-4-12(16)8-14(13)17/h4-8,10,18H,3,9H2,1-2H3. The van der Waals surface area contributed by atoms with Crippen molar-refractivity contribution in [2.24, 2.45) is 0 Å². The summed E-state index contributed by atoms with van der Waals surface area (Å²) in [7, 11) is 0. The van der Waals surface area contributed by atoms with E-state index in [2.05, 4.69) is 23.7 Å². The minimum atomic E-state index is -0.542.